The number of nitrogens with zero attached hydrogens (tertiary/aromatic N) is 4. The van der Waals surface area contributed by atoms with E-state index in [0.29, 0.717) is 0 Å². The van der Waals surface area contributed by atoms with Crippen LogP contribution in [-0.2, 0) is 18.9 Å². The predicted molar refractivity (Wildman–Crippen MR) is 78.6 cm³/mol. The number of hydrogen-bond acceptors (Lipinski definition) is 5. The van der Waals surface area contributed by atoms with Gasteiger partial charge < -0.3 is 5.32 Å². The molecule has 2 heterocycles. The summed E-state index contributed by atoms with van der Waals surface area (Å²) < 4.78 is 1.84. The first-order chi connectivity index (χ1) is 8.95. The molecule has 6 heteroatoms. The first-order valence-electron chi connectivity index (χ1n) is 6.50. The van der Waals surface area contributed by atoms with Gasteiger partial charge in [-0.1, -0.05) is 32.1 Å². The Labute approximate surface area is 118 Å². The molecule has 0 unspecified atom stereocenters. The lowest BCUT2D eigenvalue weighted by Gasteiger charge is -2.12. The molecule has 2 rings (SSSR count). The van der Waals surface area contributed by atoms with Crippen molar-refractivity contribution in [3.8, 4) is 0 Å². The van der Waals surface area contributed by atoms with Gasteiger partial charge in [0.2, 0.25) is 5.13 Å². The first-order valence-corrected chi connectivity index (χ1v) is 7.32. The van der Waals surface area contributed by atoms with Crippen LogP contribution in [0.5, 0.6) is 0 Å². The molecule has 0 aliphatic heterocycles. The summed E-state index contributed by atoms with van der Waals surface area (Å²) in [5.41, 5.74) is 1.35. The van der Waals surface area contributed by atoms with E-state index in [1.807, 2.05) is 17.9 Å². The highest BCUT2D eigenvalue weighted by atomic mass is 32.1. The third-order valence-electron chi connectivity index (χ3n) is 2.74. The van der Waals surface area contributed by atoms with Crippen LogP contribution in [0.3, 0.4) is 0 Å². The number of nitrogens with one attached hydrogen (secondary N) is 1. The van der Waals surface area contributed by atoms with Crippen LogP contribution < -0.4 is 5.32 Å². The average molecular weight is 279 g/mol. The molecule has 0 bridgehead atoms. The van der Waals surface area contributed by atoms with Gasteiger partial charge >= 0.3 is 0 Å². The Hall–Kier alpha value is -1.43. The molecule has 0 aromatic carbocycles. The standard InChI is InChI=1S/C13H21N5S/c1-13(2,3)11-16-17-12(19-11)14-7-5-6-10-8-15-18(4)9-10/h8-9H,5-7H2,1-4H3,(H,14,17). The Bertz CT molecular complexity index is 523. The van der Waals surface area contributed by atoms with E-state index >= 15 is 0 Å². The quantitative estimate of drug-likeness (QED) is 0.855. The number of anilines is 1. The fourth-order valence-corrected chi connectivity index (χ4v) is 2.51. The molecule has 0 aliphatic rings. The number of hydrogen-bond donors (Lipinski definition) is 1. The van der Waals surface area contributed by atoms with Crippen LogP contribution in [0.2, 0.25) is 0 Å². The third-order valence-corrected chi connectivity index (χ3v) is 4.05. The Morgan fingerprint density at radius 2 is 2.11 bits per heavy atom. The molecule has 0 saturated carbocycles. The summed E-state index contributed by atoms with van der Waals surface area (Å²) in [5, 5.41) is 17.9. The first kappa shape index (κ1) is 14.0. The minimum Gasteiger partial charge on any atom is -0.360 e. The van der Waals surface area contributed by atoms with Crippen molar-refractivity contribution in [1.29, 1.82) is 0 Å². The summed E-state index contributed by atoms with van der Waals surface area (Å²) in [5.74, 6) is 0. The normalized spacial score (nSPS) is 11.8. The van der Waals surface area contributed by atoms with Crippen molar-refractivity contribution >= 4 is 16.5 Å². The van der Waals surface area contributed by atoms with Gasteiger partial charge in [-0.05, 0) is 18.4 Å². The topological polar surface area (TPSA) is 55.6 Å². The van der Waals surface area contributed by atoms with Crippen LogP contribution in [0.25, 0.3) is 0 Å². The zero-order valence-electron chi connectivity index (χ0n) is 12.0. The van der Waals surface area contributed by atoms with Crippen molar-refractivity contribution < 1.29 is 0 Å². The van der Waals surface area contributed by atoms with Crippen molar-refractivity contribution in [1.82, 2.24) is 20.0 Å². The summed E-state index contributed by atoms with van der Waals surface area (Å²) in [6, 6.07) is 0. The molecular weight excluding hydrogens is 258 g/mol. The van der Waals surface area contributed by atoms with Crippen molar-refractivity contribution in [3.05, 3.63) is 23.0 Å². The molecule has 1 N–H and O–H groups in total. The summed E-state index contributed by atoms with van der Waals surface area (Å²) in [7, 11) is 1.94. The largest absolute Gasteiger partial charge is 0.360 e. The zero-order valence-corrected chi connectivity index (χ0v) is 12.8. The molecule has 2 aromatic heterocycles. The Morgan fingerprint density at radius 3 is 2.68 bits per heavy atom. The van der Waals surface area contributed by atoms with Crippen molar-refractivity contribution in [2.45, 2.75) is 39.0 Å². The highest BCUT2D eigenvalue weighted by Crippen LogP contribution is 2.27. The van der Waals surface area contributed by atoms with Gasteiger partial charge in [0.05, 0.1) is 6.20 Å². The van der Waals surface area contributed by atoms with Crippen LogP contribution in [0.1, 0.15) is 37.8 Å². The SMILES string of the molecule is Cn1cc(CCCNc2nnc(C(C)(C)C)s2)cn1. The van der Waals surface area contributed by atoms with E-state index in [1.165, 1.54) is 5.56 Å². The smallest absolute Gasteiger partial charge is 0.205 e. The maximum atomic E-state index is 4.22. The molecule has 0 spiro atoms. The Balaban J connectivity index is 1.75. The monoisotopic (exact) mass is 279 g/mol. The number of aryl methyl sites for hydroxylation is 2. The lowest BCUT2D eigenvalue weighted by molar-refractivity contribution is 0.578. The van der Waals surface area contributed by atoms with Crippen LogP contribution in [0.15, 0.2) is 12.4 Å². The third kappa shape index (κ3) is 4.02. The highest BCUT2D eigenvalue weighted by molar-refractivity contribution is 7.15. The molecule has 19 heavy (non-hydrogen) atoms. The van der Waals surface area contributed by atoms with Gasteiger partial charge in [-0.25, -0.2) is 0 Å². The van der Waals surface area contributed by atoms with Gasteiger partial charge in [0.1, 0.15) is 5.01 Å². The van der Waals surface area contributed by atoms with Gasteiger partial charge in [0, 0.05) is 25.2 Å². The molecule has 0 atom stereocenters. The Kier molecular flexibility index (Phi) is 4.19. The summed E-state index contributed by atoms with van der Waals surface area (Å²) in [4.78, 5) is 0. The molecule has 0 amide bonds. The van der Waals surface area contributed by atoms with Crippen LogP contribution in [0.4, 0.5) is 5.13 Å². The summed E-state index contributed by atoms with van der Waals surface area (Å²) in [6.45, 7) is 7.37. The number of aromatic nitrogens is 4. The van der Waals surface area contributed by atoms with E-state index in [2.05, 4.69) is 47.6 Å². The second-order valence-electron chi connectivity index (χ2n) is 5.71. The van der Waals surface area contributed by atoms with E-state index in [9.17, 15) is 0 Å². The van der Waals surface area contributed by atoms with E-state index < -0.39 is 0 Å². The van der Waals surface area contributed by atoms with E-state index in [-0.39, 0.29) is 5.41 Å². The number of rotatable bonds is 5. The second kappa shape index (κ2) is 5.69. The van der Waals surface area contributed by atoms with E-state index in [0.717, 1.165) is 29.5 Å². The maximum Gasteiger partial charge on any atom is 0.205 e. The van der Waals surface area contributed by atoms with Gasteiger partial charge in [-0.3, -0.25) is 4.68 Å². The molecule has 0 fully saturated rings. The minimum atomic E-state index is 0.0767. The fraction of sp³-hybridized carbons (Fsp3) is 0.615. The molecular formula is C13H21N5S. The van der Waals surface area contributed by atoms with Crippen LogP contribution in [0, 0.1) is 0 Å². The Morgan fingerprint density at radius 1 is 1.32 bits per heavy atom. The molecule has 5 nitrogen and oxygen atoms in total. The van der Waals surface area contributed by atoms with Gasteiger partial charge in [-0.15, -0.1) is 10.2 Å². The van der Waals surface area contributed by atoms with Gasteiger partial charge in [0.15, 0.2) is 0 Å². The predicted octanol–water partition coefficient (Wildman–Crippen LogP) is 2.61. The lowest BCUT2D eigenvalue weighted by Crippen LogP contribution is -2.10. The minimum absolute atomic E-state index is 0.0767. The van der Waals surface area contributed by atoms with Crippen LogP contribution >= 0.6 is 11.3 Å². The molecule has 0 saturated heterocycles. The van der Waals surface area contributed by atoms with Gasteiger partial charge in [-0.2, -0.15) is 5.10 Å². The van der Waals surface area contributed by atoms with E-state index in [1.54, 1.807) is 11.3 Å². The highest BCUT2D eigenvalue weighted by Gasteiger charge is 2.19. The average Bonchev–Trinajstić information content (AvgIpc) is 2.93. The van der Waals surface area contributed by atoms with Crippen LogP contribution in [-0.4, -0.2) is 26.5 Å². The molecule has 0 aliphatic carbocycles. The van der Waals surface area contributed by atoms with Crippen molar-refractivity contribution in [2.24, 2.45) is 7.05 Å². The molecule has 0 radical (unpaired) electrons. The molecule has 104 valence electrons. The fourth-order valence-electron chi connectivity index (χ4n) is 1.69. The second-order valence-corrected chi connectivity index (χ2v) is 6.69. The van der Waals surface area contributed by atoms with Crippen molar-refractivity contribution in [2.75, 3.05) is 11.9 Å². The van der Waals surface area contributed by atoms with Gasteiger partial charge in [0.25, 0.3) is 0 Å². The summed E-state index contributed by atoms with van der Waals surface area (Å²) in [6.07, 6.45) is 6.08. The zero-order chi connectivity index (χ0) is 13.9. The molecule has 2 aromatic rings. The maximum absolute atomic E-state index is 4.22. The van der Waals surface area contributed by atoms with E-state index in [4.69, 9.17) is 0 Å². The lowest BCUT2D eigenvalue weighted by atomic mass is 9.98. The summed E-state index contributed by atoms with van der Waals surface area (Å²) >= 11 is 1.64. The van der Waals surface area contributed by atoms with Crippen molar-refractivity contribution in [3.63, 3.8) is 0 Å².